The first-order valence-corrected chi connectivity index (χ1v) is 7.63. The van der Waals surface area contributed by atoms with Gasteiger partial charge < -0.3 is 24.8 Å². The number of methoxy groups -OCH3 is 1. The topological polar surface area (TPSA) is 65.1 Å². The first-order chi connectivity index (χ1) is 11.0. The van der Waals surface area contributed by atoms with E-state index in [-0.39, 0.29) is 18.5 Å². The lowest BCUT2D eigenvalue weighted by Crippen LogP contribution is -2.51. The molecule has 0 radical (unpaired) electrons. The van der Waals surface area contributed by atoms with Crippen molar-refractivity contribution >= 4 is 17.6 Å². The van der Waals surface area contributed by atoms with Crippen LogP contribution in [0.25, 0.3) is 0 Å². The summed E-state index contributed by atoms with van der Waals surface area (Å²) in [6.45, 7) is 2.91. The van der Waals surface area contributed by atoms with Crippen LogP contribution in [0.2, 0.25) is 0 Å². The highest BCUT2D eigenvalue weighted by molar-refractivity contribution is 5.84. The van der Waals surface area contributed by atoms with Crippen molar-refractivity contribution in [3.05, 3.63) is 24.3 Å². The van der Waals surface area contributed by atoms with Gasteiger partial charge in [0.2, 0.25) is 5.91 Å². The molecule has 0 spiro atoms. The summed E-state index contributed by atoms with van der Waals surface area (Å²) in [7, 11) is 4.94. The highest BCUT2D eigenvalue weighted by Crippen LogP contribution is 2.20. The van der Waals surface area contributed by atoms with Crippen molar-refractivity contribution in [2.75, 3.05) is 58.8 Å². The molecule has 0 unspecified atom stereocenters. The Labute approximate surface area is 136 Å². The number of carbonyl (C=O) groups is 2. The number of hydrogen-bond acceptors (Lipinski definition) is 4. The fraction of sp³-hybridized carbons (Fsp3) is 0.500. The lowest BCUT2D eigenvalue weighted by atomic mass is 10.2. The molecule has 0 aromatic heterocycles. The van der Waals surface area contributed by atoms with Crippen molar-refractivity contribution in [2.24, 2.45) is 0 Å². The number of nitrogens with one attached hydrogen (secondary N) is 1. The van der Waals surface area contributed by atoms with E-state index in [9.17, 15) is 9.59 Å². The Balaban J connectivity index is 1.80. The number of nitrogens with zero attached hydrogens (tertiary/aromatic N) is 3. The van der Waals surface area contributed by atoms with Gasteiger partial charge in [0.1, 0.15) is 5.75 Å². The quantitative estimate of drug-likeness (QED) is 0.883. The Hall–Kier alpha value is -2.44. The summed E-state index contributed by atoms with van der Waals surface area (Å²) in [5.74, 6) is 0.786. The molecule has 1 heterocycles. The smallest absolute Gasteiger partial charge is 0.317 e. The number of piperazine rings is 1. The highest BCUT2D eigenvalue weighted by atomic mass is 16.5. The summed E-state index contributed by atoms with van der Waals surface area (Å²) in [5, 5.41) is 2.60. The molecule has 2 rings (SSSR count). The minimum absolute atomic E-state index is 0.0412. The first kappa shape index (κ1) is 16.9. The Morgan fingerprint density at radius 1 is 1.13 bits per heavy atom. The van der Waals surface area contributed by atoms with Gasteiger partial charge in [-0.05, 0) is 24.3 Å². The van der Waals surface area contributed by atoms with E-state index >= 15 is 0 Å². The molecule has 1 N–H and O–H groups in total. The third kappa shape index (κ3) is 4.51. The van der Waals surface area contributed by atoms with Gasteiger partial charge in [0.15, 0.2) is 0 Å². The van der Waals surface area contributed by atoms with E-state index in [1.54, 1.807) is 26.1 Å². The van der Waals surface area contributed by atoms with Crippen molar-refractivity contribution in [3.8, 4) is 5.75 Å². The summed E-state index contributed by atoms with van der Waals surface area (Å²) < 4.78 is 5.16. The monoisotopic (exact) mass is 320 g/mol. The van der Waals surface area contributed by atoms with Gasteiger partial charge in [-0.25, -0.2) is 4.79 Å². The SMILES string of the molecule is COc1ccc(N2CCN(C(=O)CNC(=O)N(C)C)CC2)cc1. The fourth-order valence-electron chi connectivity index (χ4n) is 2.43. The fourth-order valence-corrected chi connectivity index (χ4v) is 2.43. The third-order valence-electron chi connectivity index (χ3n) is 3.87. The lowest BCUT2D eigenvalue weighted by Gasteiger charge is -2.36. The van der Waals surface area contributed by atoms with Gasteiger partial charge in [0.05, 0.1) is 13.7 Å². The third-order valence-corrected chi connectivity index (χ3v) is 3.87. The number of benzene rings is 1. The van der Waals surface area contributed by atoms with Gasteiger partial charge >= 0.3 is 6.03 Å². The van der Waals surface area contributed by atoms with Crippen LogP contribution in [-0.2, 0) is 4.79 Å². The highest BCUT2D eigenvalue weighted by Gasteiger charge is 2.21. The molecule has 1 aliphatic heterocycles. The minimum atomic E-state index is -0.254. The second-order valence-corrected chi connectivity index (χ2v) is 5.62. The predicted molar refractivity (Wildman–Crippen MR) is 88.9 cm³/mol. The van der Waals surface area contributed by atoms with Crippen LogP contribution in [-0.4, -0.2) is 75.7 Å². The van der Waals surface area contributed by atoms with Crippen LogP contribution in [0.4, 0.5) is 10.5 Å². The van der Waals surface area contributed by atoms with Gasteiger partial charge in [-0.1, -0.05) is 0 Å². The molecule has 7 nitrogen and oxygen atoms in total. The zero-order valence-corrected chi connectivity index (χ0v) is 13.9. The molecule has 1 aromatic rings. The molecule has 0 atom stereocenters. The second kappa shape index (κ2) is 7.71. The summed E-state index contributed by atoms with van der Waals surface area (Å²) >= 11 is 0. The molecule has 1 saturated heterocycles. The summed E-state index contributed by atoms with van der Waals surface area (Å²) in [6.07, 6.45) is 0. The maximum atomic E-state index is 12.1. The van der Waals surface area contributed by atoms with Crippen molar-refractivity contribution in [2.45, 2.75) is 0 Å². The number of carbonyl (C=O) groups excluding carboxylic acids is 2. The van der Waals surface area contributed by atoms with E-state index in [4.69, 9.17) is 4.74 Å². The maximum absolute atomic E-state index is 12.1. The Morgan fingerprint density at radius 2 is 1.74 bits per heavy atom. The van der Waals surface area contributed by atoms with Crippen LogP contribution in [0.1, 0.15) is 0 Å². The number of ether oxygens (including phenoxy) is 1. The van der Waals surface area contributed by atoms with Crippen LogP contribution in [0, 0.1) is 0 Å². The predicted octanol–water partition coefficient (Wildman–Crippen LogP) is 0.615. The van der Waals surface area contributed by atoms with Gasteiger partial charge in [-0.2, -0.15) is 0 Å². The zero-order chi connectivity index (χ0) is 16.8. The molecule has 0 bridgehead atoms. The number of urea groups is 1. The van der Waals surface area contributed by atoms with Crippen molar-refractivity contribution < 1.29 is 14.3 Å². The summed E-state index contributed by atoms with van der Waals surface area (Å²) in [6, 6.07) is 7.66. The van der Waals surface area contributed by atoms with E-state index < -0.39 is 0 Å². The van der Waals surface area contributed by atoms with E-state index in [1.807, 2.05) is 24.3 Å². The number of anilines is 1. The van der Waals surface area contributed by atoms with E-state index in [1.165, 1.54) is 4.90 Å². The molecule has 1 aromatic carbocycles. The zero-order valence-electron chi connectivity index (χ0n) is 13.9. The molecule has 1 aliphatic rings. The number of hydrogen-bond donors (Lipinski definition) is 1. The molecule has 23 heavy (non-hydrogen) atoms. The van der Waals surface area contributed by atoms with Crippen molar-refractivity contribution in [1.29, 1.82) is 0 Å². The average Bonchev–Trinajstić information content (AvgIpc) is 2.59. The van der Waals surface area contributed by atoms with E-state index in [2.05, 4.69) is 10.2 Å². The number of amides is 3. The van der Waals surface area contributed by atoms with E-state index in [0.29, 0.717) is 13.1 Å². The van der Waals surface area contributed by atoms with Crippen LogP contribution in [0.5, 0.6) is 5.75 Å². The summed E-state index contributed by atoms with van der Waals surface area (Å²) in [5.41, 5.74) is 1.12. The van der Waals surface area contributed by atoms with Crippen LogP contribution in [0.15, 0.2) is 24.3 Å². The van der Waals surface area contributed by atoms with Gasteiger partial charge in [-0.3, -0.25) is 4.79 Å². The first-order valence-electron chi connectivity index (χ1n) is 7.63. The average molecular weight is 320 g/mol. The van der Waals surface area contributed by atoms with Crippen molar-refractivity contribution in [1.82, 2.24) is 15.1 Å². The Kier molecular flexibility index (Phi) is 5.67. The lowest BCUT2D eigenvalue weighted by molar-refractivity contribution is -0.130. The van der Waals surface area contributed by atoms with Gasteiger partial charge in [0.25, 0.3) is 0 Å². The largest absolute Gasteiger partial charge is 0.497 e. The molecule has 0 saturated carbocycles. The number of rotatable bonds is 4. The molecule has 0 aliphatic carbocycles. The van der Waals surface area contributed by atoms with Crippen LogP contribution < -0.4 is 15.0 Å². The van der Waals surface area contributed by atoms with Gasteiger partial charge in [0, 0.05) is 46.0 Å². The van der Waals surface area contributed by atoms with Gasteiger partial charge in [-0.15, -0.1) is 0 Å². The molecular formula is C16H24N4O3. The molecule has 7 heteroatoms. The molecular weight excluding hydrogens is 296 g/mol. The maximum Gasteiger partial charge on any atom is 0.317 e. The van der Waals surface area contributed by atoms with Crippen molar-refractivity contribution in [3.63, 3.8) is 0 Å². The van der Waals surface area contributed by atoms with Crippen LogP contribution >= 0.6 is 0 Å². The molecule has 3 amide bonds. The molecule has 126 valence electrons. The molecule has 1 fully saturated rings. The van der Waals surface area contributed by atoms with E-state index in [0.717, 1.165) is 24.5 Å². The Bertz CT molecular complexity index is 537. The summed E-state index contributed by atoms with van der Waals surface area (Å²) in [4.78, 5) is 29.0. The Morgan fingerprint density at radius 3 is 2.26 bits per heavy atom. The normalized spacial score (nSPS) is 14.4. The van der Waals surface area contributed by atoms with Crippen LogP contribution in [0.3, 0.4) is 0 Å². The standard InChI is InChI=1S/C16H24N4O3/c1-18(2)16(22)17-12-15(21)20-10-8-19(9-11-20)13-4-6-14(23-3)7-5-13/h4-7H,8-12H2,1-3H3,(H,17,22). The minimum Gasteiger partial charge on any atom is -0.497 e. The second-order valence-electron chi connectivity index (χ2n) is 5.62.